The third-order valence-corrected chi connectivity index (χ3v) is 2.48. The SMILES string of the molecule is CCCCC(C)C(=O)OCc1ccccn1. The lowest BCUT2D eigenvalue weighted by Crippen LogP contribution is -2.14. The van der Waals surface area contributed by atoms with E-state index in [-0.39, 0.29) is 18.5 Å². The third-order valence-electron chi connectivity index (χ3n) is 2.48. The molecule has 0 aromatic carbocycles. The molecule has 1 rings (SSSR count). The summed E-state index contributed by atoms with van der Waals surface area (Å²) in [5, 5.41) is 0. The first-order chi connectivity index (χ1) is 7.74. The zero-order chi connectivity index (χ0) is 11.8. The summed E-state index contributed by atoms with van der Waals surface area (Å²) < 4.78 is 5.19. The Morgan fingerprint density at radius 1 is 1.50 bits per heavy atom. The van der Waals surface area contributed by atoms with Gasteiger partial charge in [0.05, 0.1) is 11.6 Å². The molecule has 1 heterocycles. The van der Waals surface area contributed by atoms with E-state index in [1.807, 2.05) is 25.1 Å². The fourth-order valence-electron chi connectivity index (χ4n) is 1.40. The highest BCUT2D eigenvalue weighted by Crippen LogP contribution is 2.10. The number of rotatable bonds is 6. The highest BCUT2D eigenvalue weighted by molar-refractivity contribution is 5.71. The van der Waals surface area contributed by atoms with Crippen molar-refractivity contribution in [3.63, 3.8) is 0 Å². The molecule has 16 heavy (non-hydrogen) atoms. The second-order valence-electron chi connectivity index (χ2n) is 3.97. The Balaban J connectivity index is 2.29. The van der Waals surface area contributed by atoms with Crippen molar-refractivity contribution >= 4 is 5.97 Å². The van der Waals surface area contributed by atoms with Gasteiger partial charge in [0.15, 0.2) is 0 Å². The van der Waals surface area contributed by atoms with E-state index in [0.29, 0.717) is 0 Å². The average molecular weight is 221 g/mol. The number of hydrogen-bond acceptors (Lipinski definition) is 3. The van der Waals surface area contributed by atoms with Crippen LogP contribution in [0.2, 0.25) is 0 Å². The van der Waals surface area contributed by atoms with E-state index >= 15 is 0 Å². The molecule has 0 aliphatic rings. The van der Waals surface area contributed by atoms with Crippen LogP contribution in [0.15, 0.2) is 24.4 Å². The molecule has 0 radical (unpaired) electrons. The van der Waals surface area contributed by atoms with Crippen molar-refractivity contribution in [2.24, 2.45) is 5.92 Å². The molecule has 0 bridgehead atoms. The van der Waals surface area contributed by atoms with Crippen molar-refractivity contribution in [1.29, 1.82) is 0 Å². The fourth-order valence-corrected chi connectivity index (χ4v) is 1.40. The summed E-state index contributed by atoms with van der Waals surface area (Å²) in [6.45, 7) is 4.30. The molecular weight excluding hydrogens is 202 g/mol. The Hall–Kier alpha value is -1.38. The van der Waals surface area contributed by atoms with E-state index in [9.17, 15) is 4.79 Å². The van der Waals surface area contributed by atoms with Crippen LogP contribution in [0.5, 0.6) is 0 Å². The second kappa shape index (κ2) is 6.99. The second-order valence-corrected chi connectivity index (χ2v) is 3.97. The van der Waals surface area contributed by atoms with Crippen LogP contribution in [0.1, 0.15) is 38.8 Å². The summed E-state index contributed by atoms with van der Waals surface area (Å²) in [5.41, 5.74) is 0.790. The lowest BCUT2D eigenvalue weighted by Gasteiger charge is -2.10. The maximum Gasteiger partial charge on any atom is 0.309 e. The van der Waals surface area contributed by atoms with Crippen molar-refractivity contribution in [1.82, 2.24) is 4.98 Å². The average Bonchev–Trinajstić information content (AvgIpc) is 2.34. The van der Waals surface area contributed by atoms with Crippen LogP contribution in [0, 0.1) is 5.92 Å². The molecule has 1 aromatic rings. The van der Waals surface area contributed by atoms with Crippen LogP contribution < -0.4 is 0 Å². The summed E-state index contributed by atoms with van der Waals surface area (Å²) in [4.78, 5) is 15.7. The van der Waals surface area contributed by atoms with Crippen molar-refractivity contribution in [3.05, 3.63) is 30.1 Å². The first-order valence-electron chi connectivity index (χ1n) is 5.80. The van der Waals surface area contributed by atoms with E-state index < -0.39 is 0 Å². The number of hydrogen-bond donors (Lipinski definition) is 0. The Bertz CT molecular complexity index is 311. The largest absolute Gasteiger partial charge is 0.459 e. The maximum atomic E-state index is 11.6. The molecule has 1 aromatic heterocycles. The minimum atomic E-state index is -0.126. The molecule has 0 saturated carbocycles. The number of esters is 1. The molecule has 88 valence electrons. The zero-order valence-corrected chi connectivity index (χ0v) is 9.98. The number of unbranched alkanes of at least 4 members (excludes halogenated alkanes) is 1. The molecule has 3 heteroatoms. The topological polar surface area (TPSA) is 39.2 Å². The summed E-state index contributed by atoms with van der Waals surface area (Å²) in [7, 11) is 0. The number of carbonyl (C=O) groups is 1. The summed E-state index contributed by atoms with van der Waals surface area (Å²) >= 11 is 0. The molecule has 0 fully saturated rings. The van der Waals surface area contributed by atoms with Gasteiger partial charge in [0, 0.05) is 6.20 Å². The van der Waals surface area contributed by atoms with Gasteiger partial charge in [-0.3, -0.25) is 9.78 Å². The molecule has 0 aliphatic carbocycles. The molecule has 0 amide bonds. The quantitative estimate of drug-likeness (QED) is 0.693. The van der Waals surface area contributed by atoms with Gasteiger partial charge in [-0.05, 0) is 18.6 Å². The monoisotopic (exact) mass is 221 g/mol. The molecule has 0 aliphatic heterocycles. The molecule has 1 atom stereocenters. The van der Waals surface area contributed by atoms with Gasteiger partial charge in [-0.1, -0.05) is 32.8 Å². The lowest BCUT2D eigenvalue weighted by molar-refractivity contribution is -0.149. The van der Waals surface area contributed by atoms with E-state index in [4.69, 9.17) is 4.74 Å². The predicted molar refractivity (Wildman–Crippen MR) is 62.7 cm³/mol. The summed E-state index contributed by atoms with van der Waals surface area (Å²) in [6.07, 6.45) is 4.78. The van der Waals surface area contributed by atoms with Gasteiger partial charge in [0.2, 0.25) is 0 Å². The van der Waals surface area contributed by atoms with Crippen LogP contribution >= 0.6 is 0 Å². The van der Waals surface area contributed by atoms with Gasteiger partial charge in [0.25, 0.3) is 0 Å². The van der Waals surface area contributed by atoms with Gasteiger partial charge in [-0.15, -0.1) is 0 Å². The molecular formula is C13H19NO2. The van der Waals surface area contributed by atoms with E-state index in [0.717, 1.165) is 25.0 Å². The van der Waals surface area contributed by atoms with Crippen molar-refractivity contribution in [3.8, 4) is 0 Å². The van der Waals surface area contributed by atoms with Gasteiger partial charge in [0.1, 0.15) is 6.61 Å². The molecule has 0 saturated heterocycles. The number of aromatic nitrogens is 1. The lowest BCUT2D eigenvalue weighted by atomic mass is 10.1. The maximum absolute atomic E-state index is 11.6. The van der Waals surface area contributed by atoms with Crippen molar-refractivity contribution < 1.29 is 9.53 Å². The van der Waals surface area contributed by atoms with Gasteiger partial charge < -0.3 is 4.74 Å². The van der Waals surface area contributed by atoms with E-state index in [2.05, 4.69) is 11.9 Å². The van der Waals surface area contributed by atoms with Crippen molar-refractivity contribution in [2.45, 2.75) is 39.7 Å². The Kier molecular flexibility index (Phi) is 5.54. The predicted octanol–water partition coefficient (Wildman–Crippen LogP) is 2.95. The molecule has 1 unspecified atom stereocenters. The summed E-state index contributed by atoms with van der Waals surface area (Å²) in [5.74, 6) is -0.136. The standard InChI is InChI=1S/C13H19NO2/c1-3-4-7-11(2)13(15)16-10-12-8-5-6-9-14-12/h5-6,8-9,11H,3-4,7,10H2,1-2H3. The highest BCUT2D eigenvalue weighted by Gasteiger charge is 2.13. The van der Waals surface area contributed by atoms with Gasteiger partial charge >= 0.3 is 5.97 Å². The molecule has 3 nitrogen and oxygen atoms in total. The zero-order valence-electron chi connectivity index (χ0n) is 9.98. The van der Waals surface area contributed by atoms with Crippen LogP contribution in [0.4, 0.5) is 0 Å². The number of pyridine rings is 1. The highest BCUT2D eigenvalue weighted by atomic mass is 16.5. The van der Waals surface area contributed by atoms with Crippen LogP contribution in [0.3, 0.4) is 0 Å². The molecule has 0 N–H and O–H groups in total. The number of ether oxygens (including phenoxy) is 1. The smallest absolute Gasteiger partial charge is 0.309 e. The van der Waals surface area contributed by atoms with Crippen molar-refractivity contribution in [2.75, 3.05) is 0 Å². The minimum Gasteiger partial charge on any atom is -0.459 e. The Morgan fingerprint density at radius 2 is 2.31 bits per heavy atom. The first-order valence-corrected chi connectivity index (χ1v) is 5.80. The third kappa shape index (κ3) is 4.43. The summed E-state index contributed by atoms with van der Waals surface area (Å²) in [6, 6.07) is 5.58. The van der Waals surface area contributed by atoms with Crippen LogP contribution in [-0.2, 0) is 16.1 Å². The Labute approximate surface area is 96.8 Å². The normalized spacial score (nSPS) is 12.1. The van der Waals surface area contributed by atoms with Gasteiger partial charge in [-0.2, -0.15) is 0 Å². The van der Waals surface area contributed by atoms with Gasteiger partial charge in [-0.25, -0.2) is 0 Å². The minimum absolute atomic E-state index is 0.0105. The van der Waals surface area contributed by atoms with E-state index in [1.54, 1.807) is 6.20 Å². The molecule has 0 spiro atoms. The van der Waals surface area contributed by atoms with Crippen LogP contribution in [-0.4, -0.2) is 11.0 Å². The van der Waals surface area contributed by atoms with E-state index in [1.165, 1.54) is 0 Å². The Morgan fingerprint density at radius 3 is 2.94 bits per heavy atom. The fraction of sp³-hybridized carbons (Fsp3) is 0.538. The first kappa shape index (κ1) is 12.7. The number of carbonyl (C=O) groups excluding carboxylic acids is 1. The van der Waals surface area contributed by atoms with Crippen LogP contribution in [0.25, 0.3) is 0 Å². The number of nitrogens with zero attached hydrogens (tertiary/aromatic N) is 1.